The number of benzene rings is 3. The van der Waals surface area contributed by atoms with Gasteiger partial charge in [0.05, 0.1) is 16.8 Å². The second-order valence-corrected chi connectivity index (χ2v) is 12.4. The van der Waals surface area contributed by atoms with Crippen LogP contribution in [0, 0.1) is 5.82 Å². The molecule has 47 heavy (non-hydrogen) atoms. The van der Waals surface area contributed by atoms with Crippen molar-refractivity contribution >= 4 is 51.0 Å². The number of carbonyl (C=O) groups excluding carboxylic acids is 4. The quantitative estimate of drug-likeness (QED) is 0.154. The van der Waals surface area contributed by atoms with E-state index in [0.29, 0.717) is 36.6 Å². The lowest BCUT2D eigenvalue weighted by Gasteiger charge is -2.29. The van der Waals surface area contributed by atoms with Crippen LogP contribution in [-0.4, -0.2) is 51.1 Å². The van der Waals surface area contributed by atoms with E-state index in [2.05, 4.69) is 20.6 Å². The molecule has 12 heteroatoms. The van der Waals surface area contributed by atoms with Gasteiger partial charge in [-0.2, -0.15) is 0 Å². The van der Waals surface area contributed by atoms with Crippen molar-refractivity contribution in [1.29, 1.82) is 0 Å². The summed E-state index contributed by atoms with van der Waals surface area (Å²) in [4.78, 5) is 59.7. The third kappa shape index (κ3) is 6.45. The van der Waals surface area contributed by atoms with E-state index in [1.807, 2.05) is 36.4 Å². The Morgan fingerprint density at radius 1 is 1.00 bits per heavy atom. The van der Waals surface area contributed by atoms with E-state index in [9.17, 15) is 23.6 Å². The number of hydrogen-bond acceptors (Lipinski definition) is 8. The van der Waals surface area contributed by atoms with Gasteiger partial charge in [-0.1, -0.05) is 24.3 Å². The smallest absolute Gasteiger partial charge is 0.255 e. The van der Waals surface area contributed by atoms with Crippen LogP contribution < -0.4 is 15.4 Å². The highest BCUT2D eigenvalue weighted by atomic mass is 32.1. The molecule has 5 aromatic rings. The third-order valence-electron chi connectivity index (χ3n) is 8.15. The lowest BCUT2D eigenvalue weighted by atomic mass is 10.0. The average Bonchev–Trinajstić information content (AvgIpc) is 3.63. The first-order valence-corrected chi connectivity index (χ1v) is 16.0. The summed E-state index contributed by atoms with van der Waals surface area (Å²) in [7, 11) is 0. The van der Waals surface area contributed by atoms with E-state index in [1.165, 1.54) is 28.4 Å². The molecule has 1 saturated heterocycles. The summed E-state index contributed by atoms with van der Waals surface area (Å²) in [5, 5.41) is 5.96. The van der Waals surface area contributed by atoms with Crippen LogP contribution in [-0.2, 0) is 20.9 Å². The Morgan fingerprint density at radius 2 is 1.83 bits per heavy atom. The number of nitrogens with one attached hydrogen (secondary N) is 2. The number of fused-ring (bicyclic) bond motifs is 2. The van der Waals surface area contributed by atoms with E-state index >= 15 is 0 Å². The summed E-state index contributed by atoms with van der Waals surface area (Å²) >= 11 is 1.44. The third-order valence-corrected chi connectivity index (χ3v) is 9.22. The number of amides is 4. The molecular formula is C35H28FN5O5S. The Balaban J connectivity index is 0.902. The molecule has 3 aromatic carbocycles. The molecule has 1 atom stereocenters. The Kier molecular flexibility index (Phi) is 8.17. The van der Waals surface area contributed by atoms with Crippen LogP contribution in [0.2, 0.25) is 0 Å². The fraction of sp³-hybridized carbons (Fsp3) is 0.200. The highest BCUT2D eigenvalue weighted by molar-refractivity contribution is 7.21. The number of thiazole rings is 1. The largest absolute Gasteiger partial charge is 0.494 e. The van der Waals surface area contributed by atoms with Crippen molar-refractivity contribution in [1.82, 2.24) is 20.2 Å². The van der Waals surface area contributed by atoms with Crippen molar-refractivity contribution in [2.24, 2.45) is 0 Å². The zero-order valence-corrected chi connectivity index (χ0v) is 25.8. The molecule has 2 aromatic heterocycles. The second-order valence-electron chi connectivity index (χ2n) is 11.4. The number of piperidine rings is 1. The van der Waals surface area contributed by atoms with Gasteiger partial charge in [0, 0.05) is 36.7 Å². The maximum atomic E-state index is 13.6. The predicted molar refractivity (Wildman–Crippen MR) is 174 cm³/mol. The van der Waals surface area contributed by atoms with Gasteiger partial charge in [-0.25, -0.2) is 14.4 Å². The number of halogens is 1. The lowest BCUT2D eigenvalue weighted by molar-refractivity contribution is -0.137. The molecule has 0 saturated carbocycles. The van der Waals surface area contributed by atoms with Crippen molar-refractivity contribution in [2.45, 2.75) is 38.3 Å². The number of aromatic nitrogens is 2. The average molecular weight is 650 g/mol. The summed E-state index contributed by atoms with van der Waals surface area (Å²) in [6.07, 6.45) is 2.83. The standard InChI is InChI=1S/C35H28FN5O5S/c36-24-7-10-27-29(18-24)47-34(38-27)21-5-3-20(4-6-21)22-13-14-37-30(17-22)39-31(42)2-1-15-46-25-8-9-26-23(16-25)19-41(35(26)45)28-11-12-32(43)40-33(28)44/h3-10,13-14,16-18,28H,1-2,11-12,15,19H2,(H,37,39,42)(H,40,43,44). The maximum Gasteiger partial charge on any atom is 0.255 e. The fourth-order valence-corrected chi connectivity index (χ4v) is 6.77. The number of imide groups is 1. The van der Waals surface area contributed by atoms with E-state index in [-0.39, 0.29) is 42.9 Å². The van der Waals surface area contributed by atoms with Gasteiger partial charge in [0.25, 0.3) is 5.91 Å². The van der Waals surface area contributed by atoms with Crippen LogP contribution in [0.3, 0.4) is 0 Å². The molecule has 4 amide bonds. The van der Waals surface area contributed by atoms with Crippen LogP contribution in [0.25, 0.3) is 31.9 Å². The topological polar surface area (TPSA) is 131 Å². The second kappa shape index (κ2) is 12.7. The number of rotatable bonds is 9. The molecule has 0 spiro atoms. The number of carbonyl (C=O) groups is 4. The summed E-state index contributed by atoms with van der Waals surface area (Å²) in [5.74, 6) is -0.483. The Bertz CT molecular complexity index is 2050. The van der Waals surface area contributed by atoms with Crippen LogP contribution in [0.1, 0.15) is 41.6 Å². The normalized spacial score (nSPS) is 15.9. The van der Waals surface area contributed by atoms with Crippen molar-refractivity contribution < 1.29 is 28.3 Å². The molecule has 2 aliphatic rings. The Hall–Kier alpha value is -5.49. The van der Waals surface area contributed by atoms with Crippen molar-refractivity contribution in [3.05, 3.63) is 95.9 Å². The minimum absolute atomic E-state index is 0.194. The summed E-state index contributed by atoms with van der Waals surface area (Å²) in [5.41, 5.74) is 4.80. The number of pyridine rings is 1. The molecule has 2 aliphatic heterocycles. The van der Waals surface area contributed by atoms with E-state index < -0.39 is 11.9 Å². The molecular weight excluding hydrogens is 621 g/mol. The van der Waals surface area contributed by atoms with Crippen LogP contribution in [0.4, 0.5) is 10.2 Å². The summed E-state index contributed by atoms with van der Waals surface area (Å²) in [6, 6.07) is 20.6. The Morgan fingerprint density at radius 3 is 2.66 bits per heavy atom. The van der Waals surface area contributed by atoms with Crippen molar-refractivity contribution in [3.8, 4) is 27.4 Å². The number of nitrogens with zero attached hydrogens (tertiary/aromatic N) is 3. The SMILES string of the molecule is O=C1CCC(N2Cc3cc(OCCCC(=O)Nc4cc(-c5ccc(-c6nc7ccc(F)cc7s6)cc5)ccn4)ccc3C2=O)C(=O)N1. The van der Waals surface area contributed by atoms with Crippen LogP contribution in [0.15, 0.2) is 79.0 Å². The molecule has 1 fully saturated rings. The first kappa shape index (κ1) is 30.2. The number of ether oxygens (including phenoxy) is 1. The Labute approximate surface area is 272 Å². The zero-order valence-electron chi connectivity index (χ0n) is 25.0. The maximum absolute atomic E-state index is 13.6. The molecule has 0 bridgehead atoms. The monoisotopic (exact) mass is 649 g/mol. The van der Waals surface area contributed by atoms with E-state index in [0.717, 1.165) is 37.5 Å². The van der Waals surface area contributed by atoms with Gasteiger partial charge in [0.1, 0.15) is 28.4 Å². The minimum atomic E-state index is -0.671. The first-order chi connectivity index (χ1) is 22.8. The molecule has 4 heterocycles. The molecule has 0 radical (unpaired) electrons. The van der Waals surface area contributed by atoms with Gasteiger partial charge in [-0.05, 0) is 78.1 Å². The van der Waals surface area contributed by atoms with E-state index in [4.69, 9.17) is 4.74 Å². The van der Waals surface area contributed by atoms with E-state index in [1.54, 1.807) is 30.5 Å². The zero-order chi connectivity index (χ0) is 32.5. The van der Waals surface area contributed by atoms with Gasteiger partial charge < -0.3 is 15.0 Å². The van der Waals surface area contributed by atoms with Crippen molar-refractivity contribution in [3.63, 3.8) is 0 Å². The summed E-state index contributed by atoms with van der Waals surface area (Å²) < 4.78 is 20.2. The molecule has 0 aliphatic carbocycles. The minimum Gasteiger partial charge on any atom is -0.494 e. The summed E-state index contributed by atoms with van der Waals surface area (Å²) in [6.45, 7) is 0.558. The van der Waals surface area contributed by atoms with Gasteiger partial charge in [-0.3, -0.25) is 24.5 Å². The van der Waals surface area contributed by atoms with Gasteiger partial charge >= 0.3 is 0 Å². The number of anilines is 1. The lowest BCUT2D eigenvalue weighted by Crippen LogP contribution is -2.52. The molecule has 1 unspecified atom stereocenters. The highest BCUT2D eigenvalue weighted by Gasteiger charge is 2.39. The molecule has 10 nitrogen and oxygen atoms in total. The van der Waals surface area contributed by atoms with Crippen LogP contribution in [0.5, 0.6) is 5.75 Å². The fourth-order valence-electron chi connectivity index (χ4n) is 5.77. The highest BCUT2D eigenvalue weighted by Crippen LogP contribution is 2.33. The van der Waals surface area contributed by atoms with Gasteiger partial charge in [0.15, 0.2) is 0 Å². The molecule has 2 N–H and O–H groups in total. The van der Waals surface area contributed by atoms with Crippen LogP contribution >= 0.6 is 11.3 Å². The van der Waals surface area contributed by atoms with Gasteiger partial charge in [-0.15, -0.1) is 11.3 Å². The predicted octanol–water partition coefficient (Wildman–Crippen LogP) is 5.72. The molecule has 236 valence electrons. The molecule has 7 rings (SSSR count). The number of hydrogen-bond donors (Lipinski definition) is 2. The van der Waals surface area contributed by atoms with Crippen molar-refractivity contribution in [2.75, 3.05) is 11.9 Å². The van der Waals surface area contributed by atoms with Gasteiger partial charge in [0.2, 0.25) is 17.7 Å². The first-order valence-electron chi connectivity index (χ1n) is 15.1.